The molecule has 38 heavy (non-hydrogen) atoms. The summed E-state index contributed by atoms with van der Waals surface area (Å²) < 4.78 is 22.6. The van der Waals surface area contributed by atoms with E-state index in [4.69, 9.17) is 4.74 Å². The Hall–Kier alpha value is -2.73. The molecule has 0 bridgehead atoms. The number of halogens is 1. The number of hydrogen-bond acceptors (Lipinski definition) is 3. The molecule has 0 saturated carbocycles. The van der Waals surface area contributed by atoms with Gasteiger partial charge in [0.1, 0.15) is 0 Å². The molecular formula is C32H44FN2O2S+. The van der Waals surface area contributed by atoms with Gasteiger partial charge in [0, 0.05) is 18.2 Å². The van der Waals surface area contributed by atoms with Crippen LogP contribution < -0.4 is 14.6 Å². The number of aromatic nitrogens is 1. The number of unbranched alkanes of at least 4 members (excludes halogenated alkanes) is 11. The molecule has 6 heteroatoms. The van der Waals surface area contributed by atoms with Crippen LogP contribution in [0.15, 0.2) is 54.0 Å². The Kier molecular flexibility index (Phi) is 13.3. The van der Waals surface area contributed by atoms with Crippen molar-refractivity contribution in [1.29, 1.82) is 0 Å². The van der Waals surface area contributed by atoms with Crippen LogP contribution in [0.3, 0.4) is 0 Å². The zero-order chi connectivity index (χ0) is 27.0. The average Bonchev–Trinajstić information content (AvgIpc) is 3.31. The maximum atomic E-state index is 14.6. The van der Waals surface area contributed by atoms with E-state index in [9.17, 15) is 9.18 Å². The monoisotopic (exact) mass is 539 g/mol. The summed E-state index contributed by atoms with van der Waals surface area (Å²) in [5, 5.41) is 6.19. The molecule has 1 amide bonds. The molecule has 3 aromatic rings. The normalized spacial score (nSPS) is 11.0. The molecule has 0 saturated heterocycles. The van der Waals surface area contributed by atoms with Gasteiger partial charge in [0.05, 0.1) is 17.6 Å². The first-order valence-corrected chi connectivity index (χ1v) is 15.2. The van der Waals surface area contributed by atoms with Gasteiger partial charge < -0.3 is 10.1 Å². The van der Waals surface area contributed by atoms with Gasteiger partial charge in [-0.15, -0.1) is 0 Å². The van der Waals surface area contributed by atoms with E-state index in [0.717, 1.165) is 24.9 Å². The van der Waals surface area contributed by atoms with Gasteiger partial charge in [-0.05, 0) is 30.7 Å². The van der Waals surface area contributed by atoms with Crippen LogP contribution in [-0.2, 0) is 6.54 Å². The van der Waals surface area contributed by atoms with Crippen LogP contribution in [-0.4, -0.2) is 12.5 Å². The first-order valence-electron chi connectivity index (χ1n) is 14.3. The lowest BCUT2D eigenvalue weighted by Gasteiger charge is -2.13. The van der Waals surface area contributed by atoms with Gasteiger partial charge in [-0.25, -0.2) is 4.39 Å². The van der Waals surface area contributed by atoms with Crippen LogP contribution in [0.1, 0.15) is 105 Å². The third-order valence-electron chi connectivity index (χ3n) is 6.88. The fraction of sp³-hybridized carbons (Fsp3) is 0.500. The van der Waals surface area contributed by atoms with Crippen molar-refractivity contribution in [3.63, 3.8) is 0 Å². The van der Waals surface area contributed by atoms with Crippen LogP contribution in [0.5, 0.6) is 5.75 Å². The molecule has 0 fully saturated rings. The van der Waals surface area contributed by atoms with Crippen LogP contribution in [0.25, 0.3) is 0 Å². The van der Waals surface area contributed by atoms with Gasteiger partial charge in [0.25, 0.3) is 5.91 Å². The van der Waals surface area contributed by atoms with Gasteiger partial charge in [0.2, 0.25) is 5.01 Å². The Labute approximate surface area is 232 Å². The minimum atomic E-state index is -0.505. The van der Waals surface area contributed by atoms with Crippen molar-refractivity contribution in [2.45, 2.75) is 97.4 Å². The lowest BCUT2D eigenvalue weighted by Crippen LogP contribution is -2.34. The number of amides is 1. The van der Waals surface area contributed by atoms with Crippen LogP contribution in [0.2, 0.25) is 0 Å². The summed E-state index contributed by atoms with van der Waals surface area (Å²) in [6, 6.07) is 12.3. The lowest BCUT2D eigenvalue weighted by atomic mass is 10.1. The van der Waals surface area contributed by atoms with E-state index in [1.54, 1.807) is 23.5 Å². The molecule has 0 aliphatic carbocycles. The topological polar surface area (TPSA) is 42.2 Å². The Balaban J connectivity index is 1.41. The number of thiazole rings is 1. The number of hydrogen-bond donors (Lipinski definition) is 1. The number of anilines is 1. The van der Waals surface area contributed by atoms with Crippen molar-refractivity contribution in [1.82, 2.24) is 0 Å². The van der Waals surface area contributed by atoms with Crippen molar-refractivity contribution < 1.29 is 18.5 Å². The van der Waals surface area contributed by atoms with Crippen molar-refractivity contribution in [3.05, 3.63) is 76.0 Å². The molecule has 3 rings (SSSR count). The summed E-state index contributed by atoms with van der Waals surface area (Å²) in [7, 11) is 0. The molecule has 0 aliphatic rings. The summed E-state index contributed by atoms with van der Waals surface area (Å²) in [6.07, 6.45) is 17.1. The highest BCUT2D eigenvalue weighted by Gasteiger charge is 2.17. The Morgan fingerprint density at radius 3 is 2.24 bits per heavy atom. The standard InChI is InChI=1S/C32H43FN2O2S/c1-3-4-5-6-7-8-9-10-11-12-13-14-22-37-31-29(19-16-20-30(31)33)32(36)34-28-18-15-17-27(24-28)25-35-21-23-38-26(35)2/h15-21,23-24H,3-14,22,25H2,1-2H3/p+1. The quantitative estimate of drug-likeness (QED) is 0.130. The van der Waals surface area contributed by atoms with Gasteiger partial charge in [-0.1, -0.05) is 107 Å². The zero-order valence-electron chi connectivity index (χ0n) is 23.1. The van der Waals surface area contributed by atoms with E-state index in [1.165, 1.54) is 75.3 Å². The number of aryl methyl sites for hydroxylation is 1. The van der Waals surface area contributed by atoms with Crippen molar-refractivity contribution in [2.24, 2.45) is 0 Å². The predicted octanol–water partition coefficient (Wildman–Crippen LogP) is 8.86. The van der Waals surface area contributed by atoms with Crippen LogP contribution >= 0.6 is 11.3 Å². The molecule has 0 atom stereocenters. The molecule has 0 unspecified atom stereocenters. The number of ether oxygens (including phenoxy) is 1. The maximum Gasteiger partial charge on any atom is 0.259 e. The molecule has 0 spiro atoms. The second kappa shape index (κ2) is 17.0. The fourth-order valence-electron chi connectivity index (χ4n) is 4.63. The average molecular weight is 540 g/mol. The van der Waals surface area contributed by atoms with Crippen molar-refractivity contribution in [3.8, 4) is 5.75 Å². The third kappa shape index (κ3) is 10.2. The van der Waals surface area contributed by atoms with Gasteiger partial charge >= 0.3 is 0 Å². The number of benzene rings is 2. The van der Waals surface area contributed by atoms with Gasteiger partial charge in [0.15, 0.2) is 24.3 Å². The Morgan fingerprint density at radius 2 is 1.58 bits per heavy atom. The summed E-state index contributed by atoms with van der Waals surface area (Å²) in [5.74, 6) is -0.839. The number of para-hydroxylation sites is 1. The SMILES string of the molecule is CCCCCCCCCCCCCCOc1c(F)cccc1C(=O)Nc1cccc(C[n+]2ccsc2C)c1. The summed E-state index contributed by atoms with van der Waals surface area (Å²) in [5.41, 5.74) is 1.98. The fourth-order valence-corrected chi connectivity index (χ4v) is 5.30. The highest BCUT2D eigenvalue weighted by atomic mass is 32.1. The summed E-state index contributed by atoms with van der Waals surface area (Å²) in [4.78, 5) is 13.0. The van der Waals surface area contributed by atoms with E-state index >= 15 is 0 Å². The molecule has 206 valence electrons. The van der Waals surface area contributed by atoms with Gasteiger partial charge in [-0.2, -0.15) is 4.57 Å². The molecule has 0 aliphatic heterocycles. The minimum Gasteiger partial charge on any atom is -0.490 e. The first-order chi connectivity index (χ1) is 18.6. The molecule has 2 aromatic carbocycles. The minimum absolute atomic E-state index is 0.0358. The zero-order valence-corrected chi connectivity index (χ0v) is 24.0. The third-order valence-corrected chi connectivity index (χ3v) is 7.71. The molecule has 4 nitrogen and oxygen atoms in total. The second-order valence-corrected chi connectivity index (χ2v) is 11.2. The molecule has 0 radical (unpaired) electrons. The lowest BCUT2D eigenvalue weighted by molar-refractivity contribution is -0.689. The van der Waals surface area contributed by atoms with E-state index < -0.39 is 5.82 Å². The summed E-state index contributed by atoms with van der Waals surface area (Å²) in [6.45, 7) is 5.47. The van der Waals surface area contributed by atoms with Gasteiger partial charge in [-0.3, -0.25) is 4.79 Å². The highest BCUT2D eigenvalue weighted by molar-refractivity contribution is 7.09. The Morgan fingerprint density at radius 1 is 0.921 bits per heavy atom. The van der Waals surface area contributed by atoms with Crippen molar-refractivity contribution >= 4 is 22.9 Å². The smallest absolute Gasteiger partial charge is 0.259 e. The van der Waals surface area contributed by atoms with E-state index in [-0.39, 0.29) is 17.2 Å². The molecule has 1 N–H and O–H groups in total. The van der Waals surface area contributed by atoms with Crippen molar-refractivity contribution in [2.75, 3.05) is 11.9 Å². The summed E-state index contributed by atoms with van der Waals surface area (Å²) >= 11 is 1.70. The second-order valence-electron chi connectivity index (χ2n) is 10.1. The number of carbonyl (C=O) groups excluding carboxylic acids is 1. The van der Waals surface area contributed by atoms with Crippen LogP contribution in [0, 0.1) is 12.7 Å². The number of nitrogens with zero attached hydrogens (tertiary/aromatic N) is 1. The molecule has 1 heterocycles. The number of carbonyl (C=O) groups is 1. The molecule has 1 aromatic heterocycles. The molecular weight excluding hydrogens is 495 g/mol. The van der Waals surface area contributed by atoms with E-state index in [1.807, 2.05) is 24.3 Å². The maximum absolute atomic E-state index is 14.6. The van der Waals surface area contributed by atoms with E-state index in [2.05, 4.69) is 35.3 Å². The first kappa shape index (κ1) is 29.8. The van der Waals surface area contributed by atoms with Crippen LogP contribution in [0.4, 0.5) is 10.1 Å². The number of rotatable bonds is 18. The highest BCUT2D eigenvalue weighted by Crippen LogP contribution is 2.25. The largest absolute Gasteiger partial charge is 0.490 e. The number of nitrogens with one attached hydrogen (secondary N) is 1. The predicted molar refractivity (Wildman–Crippen MR) is 156 cm³/mol. The Bertz CT molecular complexity index is 1110. The van der Waals surface area contributed by atoms with E-state index in [0.29, 0.717) is 12.3 Å².